The summed E-state index contributed by atoms with van der Waals surface area (Å²) in [5, 5.41) is 9.49. The molecule has 0 saturated carbocycles. The van der Waals surface area contributed by atoms with Gasteiger partial charge in [-0.15, -0.1) is 0 Å². The van der Waals surface area contributed by atoms with Crippen LogP contribution in [0.15, 0.2) is 24.5 Å². The van der Waals surface area contributed by atoms with E-state index < -0.39 is 0 Å². The van der Waals surface area contributed by atoms with E-state index in [0.29, 0.717) is 6.04 Å². The van der Waals surface area contributed by atoms with E-state index in [9.17, 15) is 5.11 Å². The third-order valence-corrected chi connectivity index (χ3v) is 3.43. The third-order valence-electron chi connectivity index (χ3n) is 3.43. The number of hydrogen-bond acceptors (Lipinski definition) is 4. The van der Waals surface area contributed by atoms with Crippen LogP contribution in [-0.4, -0.2) is 58.7 Å². The molecule has 1 N–H and O–H groups in total. The van der Waals surface area contributed by atoms with E-state index in [2.05, 4.69) is 34.8 Å². The fourth-order valence-electron chi connectivity index (χ4n) is 2.61. The molecule has 0 spiro atoms. The molecule has 1 fully saturated rings. The molecule has 1 aromatic rings. The Bertz CT molecular complexity index is 344. The van der Waals surface area contributed by atoms with Crippen LogP contribution in [0.25, 0.3) is 0 Å². The molecule has 1 saturated heterocycles. The fourth-order valence-corrected chi connectivity index (χ4v) is 2.61. The fraction of sp³-hybridized carbons (Fsp3) is 0.615. The van der Waals surface area contributed by atoms with Crippen molar-refractivity contribution >= 4 is 0 Å². The Morgan fingerprint density at radius 1 is 1.47 bits per heavy atom. The standard InChI is InChI=1S/C13H21N3O/c1-11-7-15(2)9-13(10-17)16(11)8-12-4-3-5-14-6-12/h3-6,11,13,17H,7-10H2,1-2H3. The Morgan fingerprint density at radius 3 is 2.94 bits per heavy atom. The molecule has 0 radical (unpaired) electrons. The van der Waals surface area contributed by atoms with Crippen molar-refractivity contribution in [3.8, 4) is 0 Å². The zero-order valence-electron chi connectivity index (χ0n) is 10.6. The Morgan fingerprint density at radius 2 is 2.29 bits per heavy atom. The molecule has 1 aliphatic heterocycles. The van der Waals surface area contributed by atoms with E-state index in [1.165, 1.54) is 5.56 Å². The monoisotopic (exact) mass is 235 g/mol. The summed E-state index contributed by atoms with van der Waals surface area (Å²) >= 11 is 0. The van der Waals surface area contributed by atoms with Crippen LogP contribution in [-0.2, 0) is 6.54 Å². The van der Waals surface area contributed by atoms with Crippen LogP contribution >= 0.6 is 0 Å². The van der Waals surface area contributed by atoms with Crippen LogP contribution in [0.5, 0.6) is 0 Å². The van der Waals surface area contributed by atoms with Gasteiger partial charge in [0.05, 0.1) is 6.61 Å². The van der Waals surface area contributed by atoms with Crippen LogP contribution in [0.1, 0.15) is 12.5 Å². The molecule has 2 unspecified atom stereocenters. The zero-order chi connectivity index (χ0) is 12.3. The van der Waals surface area contributed by atoms with Gasteiger partial charge in [-0.3, -0.25) is 9.88 Å². The van der Waals surface area contributed by atoms with Crippen LogP contribution < -0.4 is 0 Å². The number of rotatable bonds is 3. The average molecular weight is 235 g/mol. The molecule has 0 bridgehead atoms. The minimum Gasteiger partial charge on any atom is -0.395 e. The van der Waals surface area contributed by atoms with Crippen molar-refractivity contribution in [2.75, 3.05) is 26.7 Å². The van der Waals surface area contributed by atoms with Gasteiger partial charge in [0.1, 0.15) is 0 Å². The van der Waals surface area contributed by atoms with E-state index in [0.717, 1.165) is 19.6 Å². The second-order valence-electron chi connectivity index (χ2n) is 4.94. The molecule has 1 aliphatic rings. The molecular formula is C13H21N3O. The summed E-state index contributed by atoms with van der Waals surface area (Å²) in [6, 6.07) is 4.74. The lowest BCUT2D eigenvalue weighted by molar-refractivity contribution is 0.00849. The van der Waals surface area contributed by atoms with Gasteiger partial charge in [-0.1, -0.05) is 6.07 Å². The van der Waals surface area contributed by atoms with Gasteiger partial charge < -0.3 is 10.0 Å². The van der Waals surface area contributed by atoms with Crippen molar-refractivity contribution in [3.05, 3.63) is 30.1 Å². The first-order chi connectivity index (χ1) is 8.20. The quantitative estimate of drug-likeness (QED) is 0.832. The maximum Gasteiger partial charge on any atom is 0.0599 e. The highest BCUT2D eigenvalue weighted by Gasteiger charge is 2.29. The summed E-state index contributed by atoms with van der Waals surface area (Å²) < 4.78 is 0. The molecule has 0 aliphatic carbocycles. The predicted molar refractivity (Wildman–Crippen MR) is 67.6 cm³/mol. The zero-order valence-corrected chi connectivity index (χ0v) is 10.6. The summed E-state index contributed by atoms with van der Waals surface area (Å²) in [7, 11) is 2.11. The lowest BCUT2D eigenvalue weighted by atomic mass is 10.1. The van der Waals surface area contributed by atoms with Gasteiger partial charge in [-0.05, 0) is 25.6 Å². The molecule has 4 heteroatoms. The van der Waals surface area contributed by atoms with E-state index >= 15 is 0 Å². The number of aliphatic hydroxyl groups excluding tert-OH is 1. The highest BCUT2D eigenvalue weighted by molar-refractivity contribution is 5.09. The van der Waals surface area contributed by atoms with E-state index in [1.54, 1.807) is 6.20 Å². The molecule has 2 heterocycles. The SMILES string of the molecule is CC1CN(C)CC(CO)N1Cc1cccnc1. The lowest BCUT2D eigenvalue weighted by Crippen LogP contribution is -2.57. The molecular weight excluding hydrogens is 214 g/mol. The summed E-state index contributed by atoms with van der Waals surface area (Å²) in [5.74, 6) is 0. The van der Waals surface area contributed by atoms with E-state index in [4.69, 9.17) is 0 Å². The molecule has 0 aromatic carbocycles. The van der Waals surface area contributed by atoms with Crippen molar-refractivity contribution in [3.63, 3.8) is 0 Å². The first kappa shape index (κ1) is 12.5. The number of aliphatic hydroxyl groups is 1. The first-order valence-electron chi connectivity index (χ1n) is 6.14. The maximum absolute atomic E-state index is 9.49. The smallest absolute Gasteiger partial charge is 0.0599 e. The number of nitrogens with zero attached hydrogens (tertiary/aromatic N) is 3. The van der Waals surface area contributed by atoms with Crippen LogP contribution in [0.3, 0.4) is 0 Å². The molecule has 4 nitrogen and oxygen atoms in total. The lowest BCUT2D eigenvalue weighted by Gasteiger charge is -2.43. The number of aromatic nitrogens is 1. The molecule has 1 aromatic heterocycles. The van der Waals surface area contributed by atoms with Crippen molar-refractivity contribution in [1.82, 2.24) is 14.8 Å². The first-order valence-corrected chi connectivity index (χ1v) is 6.14. The van der Waals surface area contributed by atoms with Gasteiger partial charge in [-0.25, -0.2) is 0 Å². The highest BCUT2D eigenvalue weighted by atomic mass is 16.3. The minimum absolute atomic E-state index is 0.217. The largest absolute Gasteiger partial charge is 0.395 e. The van der Waals surface area contributed by atoms with Gasteiger partial charge in [0.15, 0.2) is 0 Å². The second-order valence-corrected chi connectivity index (χ2v) is 4.94. The topological polar surface area (TPSA) is 39.6 Å². The third kappa shape index (κ3) is 3.03. The highest BCUT2D eigenvalue weighted by Crippen LogP contribution is 2.17. The van der Waals surface area contributed by atoms with Crippen LogP contribution in [0.4, 0.5) is 0 Å². The Balaban J connectivity index is 2.07. The van der Waals surface area contributed by atoms with Crippen molar-refractivity contribution < 1.29 is 5.11 Å². The number of likely N-dealkylation sites (N-methyl/N-ethyl adjacent to an activating group) is 1. The van der Waals surface area contributed by atoms with Crippen molar-refractivity contribution in [1.29, 1.82) is 0 Å². The van der Waals surface area contributed by atoms with Gasteiger partial charge in [0.2, 0.25) is 0 Å². The maximum atomic E-state index is 9.49. The summed E-state index contributed by atoms with van der Waals surface area (Å²) in [6.07, 6.45) is 3.69. The normalized spacial score (nSPS) is 27.2. The average Bonchev–Trinajstić information content (AvgIpc) is 2.33. The van der Waals surface area contributed by atoms with Gasteiger partial charge in [0.25, 0.3) is 0 Å². The van der Waals surface area contributed by atoms with Gasteiger partial charge in [-0.2, -0.15) is 0 Å². The van der Waals surface area contributed by atoms with E-state index in [-0.39, 0.29) is 12.6 Å². The van der Waals surface area contributed by atoms with Crippen LogP contribution in [0.2, 0.25) is 0 Å². The van der Waals surface area contributed by atoms with E-state index in [1.807, 2.05) is 12.3 Å². The van der Waals surface area contributed by atoms with Gasteiger partial charge >= 0.3 is 0 Å². The van der Waals surface area contributed by atoms with Crippen LogP contribution in [0, 0.1) is 0 Å². The Hall–Kier alpha value is -0.970. The number of pyridine rings is 1. The molecule has 0 amide bonds. The molecule has 17 heavy (non-hydrogen) atoms. The number of piperazine rings is 1. The summed E-state index contributed by atoms with van der Waals surface area (Å²) in [4.78, 5) is 8.80. The summed E-state index contributed by atoms with van der Waals surface area (Å²) in [5.41, 5.74) is 1.21. The predicted octanol–water partition coefficient (Wildman–Crippen LogP) is 0.578. The Kier molecular flexibility index (Phi) is 4.10. The molecule has 94 valence electrons. The van der Waals surface area contributed by atoms with Crippen molar-refractivity contribution in [2.45, 2.75) is 25.6 Å². The Labute approximate surface area is 103 Å². The molecule has 2 rings (SSSR count). The van der Waals surface area contributed by atoms with Gasteiger partial charge in [0, 0.05) is 44.1 Å². The number of hydrogen-bond donors (Lipinski definition) is 1. The molecule has 2 atom stereocenters. The summed E-state index contributed by atoms with van der Waals surface area (Å²) in [6.45, 7) is 5.29. The van der Waals surface area contributed by atoms with Crippen molar-refractivity contribution in [2.24, 2.45) is 0 Å². The second kappa shape index (κ2) is 5.58. The minimum atomic E-state index is 0.217.